The lowest BCUT2D eigenvalue weighted by Crippen LogP contribution is -2.54. The molecule has 5 nitrogen and oxygen atoms in total. The van der Waals surface area contributed by atoms with Crippen LogP contribution < -0.4 is 11.1 Å². The number of nitrogens with one attached hydrogen (secondary N) is 1. The van der Waals surface area contributed by atoms with E-state index < -0.39 is 17.3 Å². The van der Waals surface area contributed by atoms with Crippen LogP contribution in [0.5, 0.6) is 0 Å². The topological polar surface area (TPSA) is 80.9 Å². The molecule has 1 unspecified atom stereocenters. The molecule has 1 aromatic carbocycles. The van der Waals surface area contributed by atoms with Gasteiger partial charge in [-0.05, 0) is 47.0 Å². The normalized spacial score (nSPS) is 13.1. The number of halogens is 1. The molecule has 0 aliphatic carbocycles. The minimum Gasteiger partial charge on any atom is -0.368 e. The van der Waals surface area contributed by atoms with Gasteiger partial charge in [-0.3, -0.25) is 20.1 Å². The number of benzene rings is 1. The van der Waals surface area contributed by atoms with Crippen molar-refractivity contribution in [2.45, 2.75) is 18.5 Å². The Hall–Kier alpha value is -3.12. The standard InChI is InChI=1S/C20H19FN4O/c21-18-5-1-4-17(11-18)20(19(22)26,12-15-6-9-23-10-7-15)25-14-16-3-2-8-24-13-16/h1-11,13,25H,12,14H2,(H2,22,26). The third kappa shape index (κ3) is 3.92. The van der Waals surface area contributed by atoms with E-state index in [0.717, 1.165) is 11.1 Å². The maximum absolute atomic E-state index is 13.9. The number of hydrogen-bond acceptors (Lipinski definition) is 4. The molecular weight excluding hydrogens is 331 g/mol. The van der Waals surface area contributed by atoms with E-state index in [9.17, 15) is 9.18 Å². The van der Waals surface area contributed by atoms with Crippen molar-refractivity contribution in [2.75, 3.05) is 0 Å². The molecule has 0 radical (unpaired) electrons. The molecule has 0 aliphatic rings. The Morgan fingerprint density at radius 2 is 1.85 bits per heavy atom. The van der Waals surface area contributed by atoms with Crippen molar-refractivity contribution in [2.24, 2.45) is 5.73 Å². The van der Waals surface area contributed by atoms with E-state index >= 15 is 0 Å². The first-order valence-electron chi connectivity index (χ1n) is 8.19. The number of pyridine rings is 2. The molecule has 1 atom stereocenters. The van der Waals surface area contributed by atoms with Gasteiger partial charge in [0.2, 0.25) is 5.91 Å². The zero-order valence-corrected chi connectivity index (χ0v) is 14.1. The van der Waals surface area contributed by atoms with E-state index in [1.54, 1.807) is 36.9 Å². The lowest BCUT2D eigenvalue weighted by atomic mass is 9.83. The summed E-state index contributed by atoms with van der Waals surface area (Å²) >= 11 is 0. The highest BCUT2D eigenvalue weighted by molar-refractivity contribution is 5.86. The molecule has 132 valence electrons. The molecule has 26 heavy (non-hydrogen) atoms. The summed E-state index contributed by atoms with van der Waals surface area (Å²) in [5.74, 6) is -1.00. The number of amides is 1. The number of aromatic nitrogens is 2. The number of hydrogen-bond donors (Lipinski definition) is 2. The summed E-state index contributed by atoms with van der Waals surface area (Å²) in [4.78, 5) is 20.6. The van der Waals surface area contributed by atoms with E-state index in [0.29, 0.717) is 12.1 Å². The predicted molar refractivity (Wildman–Crippen MR) is 96.3 cm³/mol. The number of nitrogens with zero attached hydrogens (tertiary/aromatic N) is 2. The summed E-state index contributed by atoms with van der Waals surface area (Å²) in [5.41, 5.74) is 6.78. The highest BCUT2D eigenvalue weighted by atomic mass is 19.1. The van der Waals surface area contributed by atoms with Gasteiger partial charge in [0.25, 0.3) is 0 Å². The highest BCUT2D eigenvalue weighted by Crippen LogP contribution is 2.27. The zero-order chi connectivity index (χ0) is 18.4. The smallest absolute Gasteiger partial charge is 0.242 e. The molecule has 3 aromatic rings. The van der Waals surface area contributed by atoms with Gasteiger partial charge in [-0.25, -0.2) is 4.39 Å². The second kappa shape index (κ2) is 7.84. The molecule has 2 heterocycles. The average Bonchev–Trinajstić information content (AvgIpc) is 2.66. The summed E-state index contributed by atoms with van der Waals surface area (Å²) in [7, 11) is 0. The first-order valence-corrected chi connectivity index (χ1v) is 8.19. The molecule has 0 saturated carbocycles. The van der Waals surface area contributed by atoms with E-state index in [1.165, 1.54) is 12.1 Å². The first kappa shape index (κ1) is 17.7. The van der Waals surface area contributed by atoms with Crippen LogP contribution in [0.15, 0.2) is 73.3 Å². The van der Waals surface area contributed by atoms with Crippen molar-refractivity contribution < 1.29 is 9.18 Å². The third-order valence-corrected chi connectivity index (χ3v) is 4.27. The Kier molecular flexibility index (Phi) is 5.34. The van der Waals surface area contributed by atoms with E-state index in [4.69, 9.17) is 5.73 Å². The molecule has 0 spiro atoms. The van der Waals surface area contributed by atoms with Crippen LogP contribution in [0.4, 0.5) is 4.39 Å². The summed E-state index contributed by atoms with van der Waals surface area (Å²) in [6, 6.07) is 13.3. The fourth-order valence-corrected chi connectivity index (χ4v) is 2.90. The molecule has 2 aromatic heterocycles. The van der Waals surface area contributed by atoms with Gasteiger partial charge < -0.3 is 5.73 Å². The van der Waals surface area contributed by atoms with Crippen molar-refractivity contribution in [3.8, 4) is 0 Å². The molecular formula is C20H19FN4O. The van der Waals surface area contributed by atoms with Crippen LogP contribution >= 0.6 is 0 Å². The Balaban J connectivity index is 2.01. The van der Waals surface area contributed by atoms with Gasteiger partial charge in [0, 0.05) is 37.8 Å². The van der Waals surface area contributed by atoms with Crippen molar-refractivity contribution in [3.63, 3.8) is 0 Å². The van der Waals surface area contributed by atoms with Gasteiger partial charge in [-0.1, -0.05) is 18.2 Å². The van der Waals surface area contributed by atoms with Crippen molar-refractivity contribution >= 4 is 5.91 Å². The SMILES string of the molecule is NC(=O)C(Cc1ccncc1)(NCc1cccnc1)c1cccc(F)c1. The minimum atomic E-state index is -1.26. The monoisotopic (exact) mass is 350 g/mol. The molecule has 6 heteroatoms. The van der Waals surface area contributed by atoms with Crippen molar-refractivity contribution in [1.29, 1.82) is 0 Å². The van der Waals surface area contributed by atoms with E-state index in [2.05, 4.69) is 15.3 Å². The molecule has 0 fully saturated rings. The number of carbonyl (C=O) groups excluding carboxylic acids is 1. The maximum Gasteiger partial charge on any atom is 0.242 e. The molecule has 1 amide bonds. The van der Waals surface area contributed by atoms with Gasteiger partial charge in [0.05, 0.1) is 0 Å². The van der Waals surface area contributed by atoms with E-state index in [-0.39, 0.29) is 6.42 Å². The van der Waals surface area contributed by atoms with Crippen molar-refractivity contribution in [3.05, 3.63) is 95.8 Å². The predicted octanol–water partition coefficient (Wildman–Crippen LogP) is 2.33. The summed E-state index contributed by atoms with van der Waals surface area (Å²) < 4.78 is 13.9. The zero-order valence-electron chi connectivity index (χ0n) is 14.1. The molecule has 0 bridgehead atoms. The van der Waals surface area contributed by atoms with Crippen LogP contribution in [0.1, 0.15) is 16.7 Å². The Bertz CT molecular complexity index is 873. The molecule has 3 rings (SSSR count). The van der Waals surface area contributed by atoms with Crippen LogP contribution in [0.25, 0.3) is 0 Å². The number of carbonyl (C=O) groups is 1. The Labute approximate surface area is 151 Å². The third-order valence-electron chi connectivity index (χ3n) is 4.27. The second-order valence-corrected chi connectivity index (χ2v) is 6.03. The first-order chi connectivity index (χ1) is 12.6. The van der Waals surface area contributed by atoms with Crippen molar-refractivity contribution in [1.82, 2.24) is 15.3 Å². The quantitative estimate of drug-likeness (QED) is 0.685. The summed E-state index contributed by atoms with van der Waals surface area (Å²) in [5, 5.41) is 3.24. The van der Waals surface area contributed by atoms with Crippen LogP contribution in [-0.2, 0) is 23.3 Å². The van der Waals surface area contributed by atoms with Gasteiger partial charge in [-0.2, -0.15) is 0 Å². The second-order valence-electron chi connectivity index (χ2n) is 6.03. The number of nitrogens with two attached hydrogens (primary N) is 1. The van der Waals surface area contributed by atoms with E-state index in [1.807, 2.05) is 24.3 Å². The van der Waals surface area contributed by atoms with Gasteiger partial charge >= 0.3 is 0 Å². The maximum atomic E-state index is 13.9. The Morgan fingerprint density at radius 1 is 1.04 bits per heavy atom. The van der Waals surface area contributed by atoms with Gasteiger partial charge in [0.1, 0.15) is 11.4 Å². The highest BCUT2D eigenvalue weighted by Gasteiger charge is 2.38. The Morgan fingerprint density at radius 3 is 2.50 bits per heavy atom. The average molecular weight is 350 g/mol. The summed E-state index contributed by atoms with van der Waals surface area (Å²) in [6.07, 6.45) is 6.95. The van der Waals surface area contributed by atoms with Crippen LogP contribution in [-0.4, -0.2) is 15.9 Å². The lowest BCUT2D eigenvalue weighted by Gasteiger charge is -2.33. The largest absolute Gasteiger partial charge is 0.368 e. The fraction of sp³-hybridized carbons (Fsp3) is 0.150. The fourth-order valence-electron chi connectivity index (χ4n) is 2.90. The molecule has 0 aliphatic heterocycles. The lowest BCUT2D eigenvalue weighted by molar-refractivity contribution is -0.125. The van der Waals surface area contributed by atoms with Gasteiger partial charge in [-0.15, -0.1) is 0 Å². The summed E-state index contributed by atoms with van der Waals surface area (Å²) in [6.45, 7) is 0.360. The van der Waals surface area contributed by atoms with Crippen LogP contribution in [0, 0.1) is 5.82 Å². The van der Waals surface area contributed by atoms with Crippen LogP contribution in [0.2, 0.25) is 0 Å². The van der Waals surface area contributed by atoms with Gasteiger partial charge in [0.15, 0.2) is 0 Å². The molecule has 0 saturated heterocycles. The van der Waals surface area contributed by atoms with Crippen LogP contribution in [0.3, 0.4) is 0 Å². The number of rotatable bonds is 7. The minimum absolute atomic E-state index is 0.272. The molecule has 3 N–H and O–H groups in total. The number of primary amides is 1.